The highest BCUT2D eigenvalue weighted by Crippen LogP contribution is 2.23. The predicted molar refractivity (Wildman–Crippen MR) is 75.4 cm³/mol. The molecule has 22 heavy (non-hydrogen) atoms. The van der Waals surface area contributed by atoms with Crippen molar-refractivity contribution in [2.45, 2.75) is 0 Å². The number of carbonyl (C=O) groups is 2. The third-order valence-electron chi connectivity index (χ3n) is 2.79. The fraction of sp³-hybridized carbons (Fsp3) is 0.333. The van der Waals surface area contributed by atoms with Gasteiger partial charge in [-0.15, -0.1) is 0 Å². The number of hydrogen-bond donors (Lipinski definition) is 0. The number of likely N-dealkylation sites (N-methyl/N-ethyl adjacent to an activating group) is 2. The molecule has 0 bridgehead atoms. The zero-order valence-electron chi connectivity index (χ0n) is 12.2. The van der Waals surface area contributed by atoms with Crippen LogP contribution in [0.4, 0.5) is 11.4 Å². The van der Waals surface area contributed by atoms with Crippen molar-refractivity contribution in [1.29, 1.82) is 0 Å². The molecule has 0 saturated heterocycles. The zero-order chi connectivity index (χ0) is 17.0. The van der Waals surface area contributed by atoms with Crippen LogP contribution in [0.3, 0.4) is 0 Å². The van der Waals surface area contributed by atoms with E-state index in [0.717, 1.165) is 23.1 Å². The predicted octanol–water partition coefficient (Wildman–Crippen LogP) is 0.663. The number of carbonyl (C=O) groups excluding carboxylic acids is 2. The van der Waals surface area contributed by atoms with Crippen LogP contribution in [0, 0.1) is 20.2 Å². The van der Waals surface area contributed by atoms with E-state index < -0.39 is 27.1 Å². The summed E-state index contributed by atoms with van der Waals surface area (Å²) >= 11 is 0. The van der Waals surface area contributed by atoms with Gasteiger partial charge in [-0.1, -0.05) is 0 Å². The van der Waals surface area contributed by atoms with Gasteiger partial charge < -0.3 is 9.80 Å². The van der Waals surface area contributed by atoms with Gasteiger partial charge in [0.25, 0.3) is 17.3 Å². The van der Waals surface area contributed by atoms with Crippen LogP contribution in [0.5, 0.6) is 0 Å². The summed E-state index contributed by atoms with van der Waals surface area (Å²) in [7, 11) is 4.35. The zero-order valence-corrected chi connectivity index (χ0v) is 12.2. The third kappa shape index (κ3) is 3.98. The first-order valence-electron chi connectivity index (χ1n) is 6.03. The number of non-ortho nitro benzene ring substituents is 2. The summed E-state index contributed by atoms with van der Waals surface area (Å²) in [5.74, 6) is -1.07. The van der Waals surface area contributed by atoms with Crippen molar-refractivity contribution >= 4 is 23.2 Å². The minimum absolute atomic E-state index is 0.227. The molecule has 1 aromatic rings. The lowest BCUT2D eigenvalue weighted by molar-refractivity contribution is -0.394. The van der Waals surface area contributed by atoms with Gasteiger partial charge in [-0.2, -0.15) is 0 Å². The van der Waals surface area contributed by atoms with Gasteiger partial charge in [0.15, 0.2) is 0 Å². The fourth-order valence-corrected chi connectivity index (χ4v) is 1.57. The Bertz CT molecular complexity index is 610. The summed E-state index contributed by atoms with van der Waals surface area (Å²) < 4.78 is 0. The molecule has 0 spiro atoms. The van der Waals surface area contributed by atoms with E-state index in [1.54, 1.807) is 0 Å². The van der Waals surface area contributed by atoms with Gasteiger partial charge in [0.05, 0.1) is 28.0 Å². The summed E-state index contributed by atoms with van der Waals surface area (Å²) in [6, 6.07) is 2.64. The Morgan fingerprint density at radius 2 is 1.45 bits per heavy atom. The lowest BCUT2D eigenvalue weighted by Gasteiger charge is -2.19. The minimum Gasteiger partial charge on any atom is -0.347 e. The fourth-order valence-electron chi connectivity index (χ4n) is 1.57. The number of amides is 2. The smallest absolute Gasteiger partial charge is 0.277 e. The molecule has 0 atom stereocenters. The quantitative estimate of drug-likeness (QED) is 0.580. The average Bonchev–Trinajstić information content (AvgIpc) is 2.45. The molecule has 0 fully saturated rings. The number of hydrogen-bond acceptors (Lipinski definition) is 6. The molecule has 118 valence electrons. The summed E-state index contributed by atoms with van der Waals surface area (Å²) in [6.45, 7) is -0.248. The highest BCUT2D eigenvalue weighted by molar-refractivity contribution is 5.97. The average molecular weight is 310 g/mol. The van der Waals surface area contributed by atoms with Crippen LogP contribution in [0.25, 0.3) is 0 Å². The van der Waals surface area contributed by atoms with E-state index in [1.807, 2.05) is 0 Å². The van der Waals surface area contributed by atoms with Gasteiger partial charge in [0, 0.05) is 33.3 Å². The van der Waals surface area contributed by atoms with Gasteiger partial charge in [0.2, 0.25) is 5.91 Å². The molecule has 0 unspecified atom stereocenters. The molecule has 10 heteroatoms. The summed E-state index contributed by atoms with van der Waals surface area (Å²) in [5, 5.41) is 21.6. The second kappa shape index (κ2) is 6.61. The van der Waals surface area contributed by atoms with Crippen molar-refractivity contribution in [3.8, 4) is 0 Å². The van der Waals surface area contributed by atoms with E-state index >= 15 is 0 Å². The molecule has 10 nitrogen and oxygen atoms in total. The largest absolute Gasteiger partial charge is 0.347 e. The Morgan fingerprint density at radius 3 is 1.82 bits per heavy atom. The monoisotopic (exact) mass is 310 g/mol. The van der Waals surface area contributed by atoms with Crippen molar-refractivity contribution in [2.24, 2.45) is 0 Å². The van der Waals surface area contributed by atoms with Crippen molar-refractivity contribution in [3.05, 3.63) is 44.0 Å². The standard InChI is InChI=1S/C12H14N4O6/c1-13(2)11(17)7-14(3)12(18)8-4-9(15(19)20)6-10(5-8)16(21)22/h4-6H,7H2,1-3H3. The molecule has 2 amide bonds. The molecule has 1 rings (SSSR count). The Morgan fingerprint density at radius 1 is 1.00 bits per heavy atom. The van der Waals surface area contributed by atoms with Gasteiger partial charge in [-0.3, -0.25) is 29.8 Å². The lowest BCUT2D eigenvalue weighted by atomic mass is 10.1. The number of nitro groups is 2. The first kappa shape index (κ1) is 17.0. The highest BCUT2D eigenvalue weighted by atomic mass is 16.6. The van der Waals surface area contributed by atoms with E-state index in [4.69, 9.17) is 0 Å². The molecule has 0 saturated carbocycles. The Labute approximate surface area is 125 Å². The van der Waals surface area contributed by atoms with Crippen LogP contribution in [-0.4, -0.2) is 59.1 Å². The van der Waals surface area contributed by atoms with Gasteiger partial charge in [0.1, 0.15) is 0 Å². The molecule has 0 aliphatic heterocycles. The van der Waals surface area contributed by atoms with Crippen molar-refractivity contribution in [1.82, 2.24) is 9.80 Å². The Hall–Kier alpha value is -3.04. The van der Waals surface area contributed by atoms with E-state index in [2.05, 4.69) is 0 Å². The van der Waals surface area contributed by atoms with Crippen LogP contribution >= 0.6 is 0 Å². The molecular weight excluding hydrogens is 296 g/mol. The molecule has 0 aliphatic carbocycles. The first-order chi connectivity index (χ1) is 10.1. The number of nitrogens with zero attached hydrogens (tertiary/aromatic N) is 4. The van der Waals surface area contributed by atoms with Crippen LogP contribution < -0.4 is 0 Å². The van der Waals surface area contributed by atoms with Crippen molar-refractivity contribution < 1.29 is 19.4 Å². The SMILES string of the molecule is CN(C)C(=O)CN(C)C(=O)c1cc([N+](=O)[O-])cc([N+](=O)[O-])c1. The topological polar surface area (TPSA) is 127 Å². The molecule has 1 aromatic carbocycles. The van der Waals surface area contributed by atoms with Gasteiger partial charge in [-0.25, -0.2) is 0 Å². The van der Waals surface area contributed by atoms with Crippen LogP contribution in [0.1, 0.15) is 10.4 Å². The maximum absolute atomic E-state index is 12.2. The maximum Gasteiger partial charge on any atom is 0.277 e. The normalized spacial score (nSPS) is 9.95. The summed E-state index contributed by atoms with van der Waals surface area (Å²) in [6.07, 6.45) is 0. The lowest BCUT2D eigenvalue weighted by Crippen LogP contribution is -2.37. The maximum atomic E-state index is 12.2. The molecule has 0 radical (unpaired) electrons. The van der Waals surface area contributed by atoms with E-state index in [1.165, 1.54) is 26.0 Å². The number of rotatable bonds is 5. The Balaban J connectivity index is 3.14. The number of benzene rings is 1. The third-order valence-corrected chi connectivity index (χ3v) is 2.79. The van der Waals surface area contributed by atoms with Crippen LogP contribution in [0.15, 0.2) is 18.2 Å². The number of nitro benzene ring substituents is 2. The second-order valence-electron chi connectivity index (χ2n) is 4.70. The van der Waals surface area contributed by atoms with E-state index in [9.17, 15) is 29.8 Å². The minimum atomic E-state index is -0.825. The van der Waals surface area contributed by atoms with Gasteiger partial charge in [-0.05, 0) is 0 Å². The first-order valence-corrected chi connectivity index (χ1v) is 6.03. The van der Waals surface area contributed by atoms with Crippen LogP contribution in [-0.2, 0) is 4.79 Å². The van der Waals surface area contributed by atoms with E-state index in [0.29, 0.717) is 0 Å². The Kier molecular flexibility index (Phi) is 5.11. The second-order valence-corrected chi connectivity index (χ2v) is 4.70. The molecule has 0 N–H and O–H groups in total. The molecular formula is C12H14N4O6. The van der Waals surface area contributed by atoms with E-state index in [-0.39, 0.29) is 18.0 Å². The molecule has 0 heterocycles. The molecule has 0 aliphatic rings. The van der Waals surface area contributed by atoms with Crippen molar-refractivity contribution in [2.75, 3.05) is 27.7 Å². The van der Waals surface area contributed by atoms with Crippen LogP contribution in [0.2, 0.25) is 0 Å². The van der Waals surface area contributed by atoms with Crippen molar-refractivity contribution in [3.63, 3.8) is 0 Å². The summed E-state index contributed by atoms with van der Waals surface area (Å²) in [5.41, 5.74) is -1.36. The molecule has 0 aromatic heterocycles. The summed E-state index contributed by atoms with van der Waals surface area (Å²) in [4.78, 5) is 45.9. The highest BCUT2D eigenvalue weighted by Gasteiger charge is 2.23. The van der Waals surface area contributed by atoms with Gasteiger partial charge >= 0.3 is 0 Å².